The Bertz CT molecular complexity index is 405. The first kappa shape index (κ1) is 9.73. The SMILES string of the molecule is Brc1cncnc1SCc1ccco1. The minimum Gasteiger partial charge on any atom is -0.468 e. The molecule has 0 spiro atoms. The van der Waals surface area contributed by atoms with Crippen LogP contribution in [0.1, 0.15) is 5.76 Å². The van der Waals surface area contributed by atoms with Crippen molar-refractivity contribution >= 4 is 27.7 Å². The molecule has 2 rings (SSSR count). The summed E-state index contributed by atoms with van der Waals surface area (Å²) in [7, 11) is 0. The third-order valence-electron chi connectivity index (χ3n) is 1.57. The number of rotatable bonds is 3. The van der Waals surface area contributed by atoms with Gasteiger partial charge >= 0.3 is 0 Å². The van der Waals surface area contributed by atoms with E-state index in [0.717, 1.165) is 21.0 Å². The molecule has 0 aliphatic rings. The van der Waals surface area contributed by atoms with E-state index < -0.39 is 0 Å². The molecule has 0 saturated heterocycles. The first-order valence-electron chi connectivity index (χ1n) is 3.97. The van der Waals surface area contributed by atoms with Crippen LogP contribution in [0.25, 0.3) is 0 Å². The van der Waals surface area contributed by atoms with Crippen LogP contribution in [0.4, 0.5) is 0 Å². The molecule has 0 N–H and O–H groups in total. The molecule has 0 fully saturated rings. The molecule has 0 aliphatic heterocycles. The Kier molecular flexibility index (Phi) is 3.21. The summed E-state index contributed by atoms with van der Waals surface area (Å²) in [4.78, 5) is 8.04. The van der Waals surface area contributed by atoms with Gasteiger partial charge in [0.2, 0.25) is 0 Å². The van der Waals surface area contributed by atoms with E-state index in [1.165, 1.54) is 6.33 Å². The summed E-state index contributed by atoms with van der Waals surface area (Å²) in [5, 5.41) is 0.927. The van der Waals surface area contributed by atoms with Crippen molar-refractivity contribution < 1.29 is 4.42 Å². The van der Waals surface area contributed by atoms with E-state index in [4.69, 9.17) is 4.42 Å². The van der Waals surface area contributed by atoms with Crippen molar-refractivity contribution in [2.45, 2.75) is 10.8 Å². The molecule has 2 heterocycles. The smallest absolute Gasteiger partial charge is 0.116 e. The van der Waals surface area contributed by atoms with Crippen LogP contribution in [-0.4, -0.2) is 9.97 Å². The molecule has 0 aromatic carbocycles. The van der Waals surface area contributed by atoms with Gasteiger partial charge in [0.1, 0.15) is 17.1 Å². The predicted octanol–water partition coefficient (Wildman–Crippen LogP) is 3.12. The molecular formula is C9H7BrN2OS. The fourth-order valence-electron chi connectivity index (χ4n) is 0.942. The van der Waals surface area contributed by atoms with E-state index in [2.05, 4.69) is 25.9 Å². The molecule has 0 amide bonds. The molecule has 0 radical (unpaired) electrons. The fraction of sp³-hybridized carbons (Fsp3) is 0.111. The monoisotopic (exact) mass is 270 g/mol. The van der Waals surface area contributed by atoms with Gasteiger partial charge in [0.05, 0.1) is 16.5 Å². The molecule has 72 valence electrons. The van der Waals surface area contributed by atoms with Crippen LogP contribution in [0.2, 0.25) is 0 Å². The largest absolute Gasteiger partial charge is 0.468 e. The zero-order chi connectivity index (χ0) is 9.80. The Hall–Kier alpha value is -0.810. The van der Waals surface area contributed by atoms with Gasteiger partial charge in [-0.25, -0.2) is 9.97 Å². The second-order valence-corrected chi connectivity index (χ2v) is 4.36. The van der Waals surface area contributed by atoms with Crippen LogP contribution < -0.4 is 0 Å². The highest BCUT2D eigenvalue weighted by molar-refractivity contribution is 9.10. The third-order valence-corrected chi connectivity index (χ3v) is 3.44. The number of halogens is 1. The van der Waals surface area contributed by atoms with Gasteiger partial charge in [-0.2, -0.15) is 0 Å². The summed E-state index contributed by atoms with van der Waals surface area (Å²) in [6.07, 6.45) is 4.94. The van der Waals surface area contributed by atoms with Crippen LogP contribution in [-0.2, 0) is 5.75 Å². The lowest BCUT2D eigenvalue weighted by Gasteiger charge is -1.99. The van der Waals surface area contributed by atoms with Crippen LogP contribution in [0.3, 0.4) is 0 Å². The topological polar surface area (TPSA) is 38.9 Å². The average molecular weight is 271 g/mol. The summed E-state index contributed by atoms with van der Waals surface area (Å²) in [5.74, 6) is 1.73. The number of hydrogen-bond acceptors (Lipinski definition) is 4. The molecular weight excluding hydrogens is 264 g/mol. The van der Waals surface area contributed by atoms with Crippen LogP contribution in [0.15, 0.2) is 44.8 Å². The number of hydrogen-bond donors (Lipinski definition) is 0. The molecule has 5 heteroatoms. The summed E-state index contributed by atoms with van der Waals surface area (Å²) >= 11 is 5.00. The highest BCUT2D eigenvalue weighted by Gasteiger charge is 2.03. The second kappa shape index (κ2) is 4.61. The highest BCUT2D eigenvalue weighted by atomic mass is 79.9. The van der Waals surface area contributed by atoms with Gasteiger partial charge in [0.25, 0.3) is 0 Å². The molecule has 0 atom stereocenters. The Balaban J connectivity index is 2.02. The zero-order valence-corrected chi connectivity index (χ0v) is 9.59. The van der Waals surface area contributed by atoms with Crippen LogP contribution in [0, 0.1) is 0 Å². The first-order valence-corrected chi connectivity index (χ1v) is 5.75. The lowest BCUT2D eigenvalue weighted by Crippen LogP contribution is -1.84. The maximum absolute atomic E-state index is 5.22. The van der Waals surface area contributed by atoms with Crippen molar-refractivity contribution in [3.05, 3.63) is 41.2 Å². The van der Waals surface area contributed by atoms with E-state index >= 15 is 0 Å². The van der Waals surface area contributed by atoms with Gasteiger partial charge in [-0.1, -0.05) is 11.8 Å². The van der Waals surface area contributed by atoms with Crippen molar-refractivity contribution in [2.75, 3.05) is 0 Å². The summed E-state index contributed by atoms with van der Waals surface area (Å²) in [6.45, 7) is 0. The standard InChI is InChI=1S/C9H7BrN2OS/c10-8-4-11-6-12-9(8)14-5-7-2-1-3-13-7/h1-4,6H,5H2. The van der Waals surface area contributed by atoms with Crippen LogP contribution >= 0.6 is 27.7 Å². The van der Waals surface area contributed by atoms with Gasteiger partial charge in [-0.05, 0) is 28.1 Å². The van der Waals surface area contributed by atoms with Gasteiger partial charge in [0, 0.05) is 6.20 Å². The van der Waals surface area contributed by atoms with Gasteiger partial charge in [-0.3, -0.25) is 0 Å². The Labute approximate surface area is 94.1 Å². The number of nitrogens with zero attached hydrogens (tertiary/aromatic N) is 2. The number of thioether (sulfide) groups is 1. The average Bonchev–Trinajstić information content (AvgIpc) is 2.69. The third kappa shape index (κ3) is 2.36. The van der Waals surface area contributed by atoms with Crippen LogP contribution in [0.5, 0.6) is 0 Å². The Morgan fingerprint density at radius 1 is 1.50 bits per heavy atom. The molecule has 0 bridgehead atoms. The van der Waals surface area contributed by atoms with Gasteiger partial charge in [-0.15, -0.1) is 0 Å². The Morgan fingerprint density at radius 3 is 3.14 bits per heavy atom. The minimum absolute atomic E-state index is 0.780. The maximum atomic E-state index is 5.22. The second-order valence-electron chi connectivity index (χ2n) is 2.54. The Morgan fingerprint density at radius 2 is 2.43 bits per heavy atom. The normalized spacial score (nSPS) is 10.4. The zero-order valence-electron chi connectivity index (χ0n) is 7.18. The van der Waals surface area contributed by atoms with Crippen molar-refractivity contribution in [3.8, 4) is 0 Å². The molecule has 14 heavy (non-hydrogen) atoms. The van der Waals surface area contributed by atoms with Gasteiger partial charge in [0.15, 0.2) is 0 Å². The molecule has 0 unspecified atom stereocenters. The lowest BCUT2D eigenvalue weighted by molar-refractivity contribution is 0.530. The summed E-state index contributed by atoms with van der Waals surface area (Å²) in [6, 6.07) is 3.83. The van der Waals surface area contributed by atoms with Crippen molar-refractivity contribution in [3.63, 3.8) is 0 Å². The molecule has 0 saturated carbocycles. The van der Waals surface area contributed by atoms with E-state index in [-0.39, 0.29) is 0 Å². The molecule has 2 aromatic rings. The van der Waals surface area contributed by atoms with E-state index in [1.807, 2.05) is 12.1 Å². The lowest BCUT2D eigenvalue weighted by atomic mass is 10.5. The molecule has 2 aromatic heterocycles. The van der Waals surface area contributed by atoms with E-state index in [1.54, 1.807) is 24.2 Å². The fourth-order valence-corrected chi connectivity index (χ4v) is 2.26. The van der Waals surface area contributed by atoms with Crippen molar-refractivity contribution in [1.29, 1.82) is 0 Å². The predicted molar refractivity (Wildman–Crippen MR) is 58.0 cm³/mol. The minimum atomic E-state index is 0.780. The van der Waals surface area contributed by atoms with Gasteiger partial charge < -0.3 is 4.42 Å². The molecule has 0 aliphatic carbocycles. The van der Waals surface area contributed by atoms with Crippen molar-refractivity contribution in [2.24, 2.45) is 0 Å². The molecule has 3 nitrogen and oxygen atoms in total. The number of furan rings is 1. The van der Waals surface area contributed by atoms with E-state index in [9.17, 15) is 0 Å². The first-order chi connectivity index (χ1) is 6.86. The maximum Gasteiger partial charge on any atom is 0.116 e. The van der Waals surface area contributed by atoms with E-state index in [0.29, 0.717) is 0 Å². The number of aromatic nitrogens is 2. The highest BCUT2D eigenvalue weighted by Crippen LogP contribution is 2.26. The van der Waals surface area contributed by atoms with Crippen molar-refractivity contribution in [1.82, 2.24) is 9.97 Å². The summed E-state index contributed by atoms with van der Waals surface area (Å²) < 4.78 is 6.13. The quantitative estimate of drug-likeness (QED) is 0.635. The summed E-state index contributed by atoms with van der Waals surface area (Å²) in [5.41, 5.74) is 0.